The van der Waals surface area contributed by atoms with Crippen LogP contribution in [0.1, 0.15) is 60.0 Å². The predicted molar refractivity (Wildman–Crippen MR) is 107 cm³/mol. The van der Waals surface area contributed by atoms with Crippen molar-refractivity contribution in [2.24, 2.45) is 0 Å². The van der Waals surface area contributed by atoms with Crippen molar-refractivity contribution in [3.63, 3.8) is 0 Å². The monoisotopic (exact) mass is 370 g/mol. The topological polar surface area (TPSA) is 71.3 Å². The number of hydrogen-bond donors (Lipinski definition) is 2. The van der Waals surface area contributed by atoms with Crippen molar-refractivity contribution in [1.29, 1.82) is 0 Å². The Morgan fingerprint density at radius 2 is 1.70 bits per heavy atom. The quantitative estimate of drug-likeness (QED) is 0.781. The molecule has 2 rings (SSSR count). The average Bonchev–Trinajstić information content (AvgIpc) is 3.10. The largest absolute Gasteiger partial charge is 0.459 e. The van der Waals surface area contributed by atoms with Gasteiger partial charge in [-0.2, -0.15) is 0 Å². The Morgan fingerprint density at radius 3 is 2.26 bits per heavy atom. The highest BCUT2D eigenvalue weighted by Gasteiger charge is 2.16. The lowest BCUT2D eigenvalue weighted by Crippen LogP contribution is -2.31. The van der Waals surface area contributed by atoms with E-state index in [0.717, 1.165) is 6.42 Å². The van der Waals surface area contributed by atoms with Gasteiger partial charge in [0.1, 0.15) is 0 Å². The first-order valence-corrected chi connectivity index (χ1v) is 9.37. The molecule has 0 unspecified atom stereocenters. The van der Waals surface area contributed by atoms with Gasteiger partial charge < -0.3 is 15.1 Å². The molecule has 0 saturated heterocycles. The molecule has 0 aliphatic carbocycles. The molecule has 0 saturated carbocycles. The maximum absolute atomic E-state index is 12.0. The molecule has 0 aliphatic rings. The Bertz CT molecular complexity index is 763. The SMILES string of the molecule is Cc1cc(C(C)(C)C)cc(C)c1CCNC(=O)CCNC(=O)c1ccco1. The Kier molecular flexibility index (Phi) is 6.83. The summed E-state index contributed by atoms with van der Waals surface area (Å²) >= 11 is 0. The molecule has 1 aromatic heterocycles. The number of amides is 2. The van der Waals surface area contributed by atoms with Crippen LogP contribution in [-0.2, 0) is 16.6 Å². The van der Waals surface area contributed by atoms with Crippen molar-refractivity contribution >= 4 is 11.8 Å². The zero-order valence-electron chi connectivity index (χ0n) is 16.9. The van der Waals surface area contributed by atoms with E-state index in [1.807, 2.05) is 0 Å². The molecule has 0 aliphatic heterocycles. The van der Waals surface area contributed by atoms with Crippen molar-refractivity contribution < 1.29 is 14.0 Å². The number of benzene rings is 1. The van der Waals surface area contributed by atoms with Gasteiger partial charge in [-0.3, -0.25) is 9.59 Å². The molecule has 1 aromatic carbocycles. The minimum Gasteiger partial charge on any atom is -0.459 e. The highest BCUT2D eigenvalue weighted by Crippen LogP contribution is 2.27. The predicted octanol–water partition coefficient (Wildman–Crippen LogP) is 3.67. The summed E-state index contributed by atoms with van der Waals surface area (Å²) in [5.74, 6) is -0.130. The van der Waals surface area contributed by atoms with Crippen LogP contribution in [0.5, 0.6) is 0 Å². The van der Waals surface area contributed by atoms with Gasteiger partial charge in [-0.05, 0) is 60.1 Å². The second kappa shape index (κ2) is 8.89. The summed E-state index contributed by atoms with van der Waals surface area (Å²) in [4.78, 5) is 23.7. The van der Waals surface area contributed by atoms with Gasteiger partial charge in [0.15, 0.2) is 5.76 Å². The number of furan rings is 1. The summed E-state index contributed by atoms with van der Waals surface area (Å²) < 4.78 is 5.01. The first-order chi connectivity index (χ1) is 12.7. The van der Waals surface area contributed by atoms with Gasteiger partial charge in [0.05, 0.1) is 6.26 Å². The van der Waals surface area contributed by atoms with Crippen molar-refractivity contribution in [2.45, 2.75) is 52.9 Å². The van der Waals surface area contributed by atoms with E-state index in [1.165, 1.54) is 28.5 Å². The maximum Gasteiger partial charge on any atom is 0.286 e. The van der Waals surface area contributed by atoms with Crippen LogP contribution >= 0.6 is 0 Å². The number of carbonyl (C=O) groups excluding carboxylic acids is 2. The van der Waals surface area contributed by atoms with Crippen molar-refractivity contribution in [3.8, 4) is 0 Å². The van der Waals surface area contributed by atoms with Crippen LogP contribution in [0, 0.1) is 13.8 Å². The Hall–Kier alpha value is -2.56. The molecule has 0 bridgehead atoms. The molecule has 27 heavy (non-hydrogen) atoms. The molecule has 0 fully saturated rings. The van der Waals surface area contributed by atoms with Crippen LogP contribution in [0.25, 0.3) is 0 Å². The van der Waals surface area contributed by atoms with Gasteiger partial charge in [-0.25, -0.2) is 0 Å². The molecule has 2 aromatic rings. The fourth-order valence-corrected chi connectivity index (χ4v) is 3.02. The van der Waals surface area contributed by atoms with Gasteiger partial charge >= 0.3 is 0 Å². The third-order valence-corrected chi connectivity index (χ3v) is 4.64. The van der Waals surface area contributed by atoms with E-state index in [-0.39, 0.29) is 36.0 Å². The van der Waals surface area contributed by atoms with E-state index in [4.69, 9.17) is 4.42 Å². The molecule has 2 N–H and O–H groups in total. The summed E-state index contributed by atoms with van der Waals surface area (Å²) in [6.07, 6.45) is 2.49. The summed E-state index contributed by atoms with van der Waals surface area (Å²) in [6, 6.07) is 7.73. The zero-order valence-corrected chi connectivity index (χ0v) is 16.9. The van der Waals surface area contributed by atoms with Gasteiger partial charge in [0.2, 0.25) is 5.91 Å². The lowest BCUT2D eigenvalue weighted by atomic mass is 9.83. The van der Waals surface area contributed by atoms with Crippen LogP contribution in [0.4, 0.5) is 0 Å². The zero-order chi connectivity index (χ0) is 20.0. The average molecular weight is 370 g/mol. The Labute approximate surface area is 161 Å². The Morgan fingerprint density at radius 1 is 1.04 bits per heavy atom. The molecule has 146 valence electrons. The molecule has 0 atom stereocenters. The van der Waals surface area contributed by atoms with Gasteiger partial charge in [-0.15, -0.1) is 0 Å². The van der Waals surface area contributed by atoms with E-state index >= 15 is 0 Å². The van der Waals surface area contributed by atoms with Crippen molar-refractivity contribution in [2.75, 3.05) is 13.1 Å². The number of hydrogen-bond acceptors (Lipinski definition) is 3. The fraction of sp³-hybridized carbons (Fsp3) is 0.455. The smallest absolute Gasteiger partial charge is 0.286 e. The lowest BCUT2D eigenvalue weighted by Gasteiger charge is -2.22. The molecule has 0 radical (unpaired) electrons. The summed E-state index contributed by atoms with van der Waals surface area (Å²) in [6.45, 7) is 11.8. The van der Waals surface area contributed by atoms with Crippen LogP contribution in [-0.4, -0.2) is 24.9 Å². The summed E-state index contributed by atoms with van der Waals surface area (Å²) in [5, 5.41) is 5.59. The van der Waals surface area contributed by atoms with E-state index < -0.39 is 0 Å². The van der Waals surface area contributed by atoms with E-state index in [1.54, 1.807) is 12.1 Å². The molecular formula is C22H30N2O3. The molecule has 5 heteroatoms. The van der Waals surface area contributed by atoms with Crippen molar-refractivity contribution in [3.05, 3.63) is 58.5 Å². The molecular weight excluding hydrogens is 340 g/mol. The summed E-state index contributed by atoms with van der Waals surface area (Å²) in [5.41, 5.74) is 5.27. The molecule has 1 heterocycles. The van der Waals surface area contributed by atoms with Crippen molar-refractivity contribution in [1.82, 2.24) is 10.6 Å². The Balaban J connectivity index is 1.77. The van der Waals surface area contributed by atoms with Crippen LogP contribution in [0.3, 0.4) is 0 Å². The minimum absolute atomic E-state index is 0.0728. The van der Waals surface area contributed by atoms with Gasteiger partial charge in [0, 0.05) is 19.5 Å². The van der Waals surface area contributed by atoms with Gasteiger partial charge in [0.25, 0.3) is 5.91 Å². The highest BCUT2D eigenvalue weighted by molar-refractivity contribution is 5.91. The number of rotatable bonds is 7. The first-order valence-electron chi connectivity index (χ1n) is 9.37. The molecule has 5 nitrogen and oxygen atoms in total. The minimum atomic E-state index is -0.307. The second-order valence-corrected chi connectivity index (χ2v) is 7.92. The summed E-state index contributed by atoms with van der Waals surface area (Å²) in [7, 11) is 0. The van der Waals surface area contributed by atoms with Gasteiger partial charge in [-0.1, -0.05) is 32.9 Å². The first kappa shape index (κ1) is 20.7. The number of nitrogens with one attached hydrogen (secondary N) is 2. The van der Waals surface area contributed by atoms with E-state index in [2.05, 4.69) is 57.4 Å². The number of aryl methyl sites for hydroxylation is 2. The number of carbonyl (C=O) groups is 2. The normalized spacial score (nSPS) is 11.3. The fourth-order valence-electron chi connectivity index (χ4n) is 3.02. The molecule has 2 amide bonds. The van der Waals surface area contributed by atoms with Crippen LogP contribution < -0.4 is 10.6 Å². The standard InChI is InChI=1S/C22H30N2O3/c1-15-13-17(22(3,4)5)14-16(2)18(15)8-10-23-20(25)9-11-24-21(26)19-7-6-12-27-19/h6-7,12-14H,8-11H2,1-5H3,(H,23,25)(H,24,26). The van der Waals surface area contributed by atoms with E-state index in [9.17, 15) is 9.59 Å². The third kappa shape index (κ3) is 5.98. The lowest BCUT2D eigenvalue weighted by molar-refractivity contribution is -0.120. The van der Waals surface area contributed by atoms with Crippen LogP contribution in [0.2, 0.25) is 0 Å². The highest BCUT2D eigenvalue weighted by atomic mass is 16.3. The third-order valence-electron chi connectivity index (χ3n) is 4.64. The second-order valence-electron chi connectivity index (χ2n) is 7.92. The van der Waals surface area contributed by atoms with E-state index in [0.29, 0.717) is 6.54 Å². The van der Waals surface area contributed by atoms with Crippen LogP contribution in [0.15, 0.2) is 34.9 Å². The molecule has 0 spiro atoms. The maximum atomic E-state index is 12.0.